The van der Waals surface area contributed by atoms with Crippen molar-refractivity contribution in [1.29, 1.82) is 0 Å². The van der Waals surface area contributed by atoms with Crippen LogP contribution in [0.3, 0.4) is 0 Å². The van der Waals surface area contributed by atoms with Crippen molar-refractivity contribution in [3.63, 3.8) is 0 Å². The van der Waals surface area contributed by atoms with Crippen LogP contribution in [0.1, 0.15) is 59.1 Å². The summed E-state index contributed by atoms with van der Waals surface area (Å²) >= 11 is 0. The van der Waals surface area contributed by atoms with Gasteiger partial charge in [0.2, 0.25) is 11.8 Å². The number of rotatable bonds is 9. The Morgan fingerprint density at radius 3 is 2.57 bits per heavy atom. The van der Waals surface area contributed by atoms with Crippen molar-refractivity contribution in [2.45, 2.75) is 60.3 Å². The molecule has 1 atom stereocenters. The molecule has 7 heteroatoms. The second-order valence-electron chi connectivity index (χ2n) is 9.47. The zero-order valence-electron chi connectivity index (χ0n) is 18.1. The maximum atomic E-state index is 12.9. The Morgan fingerprint density at radius 2 is 2.00 bits per heavy atom. The summed E-state index contributed by atoms with van der Waals surface area (Å²) in [6.45, 7) is 14.3. The lowest BCUT2D eigenvalue weighted by Gasteiger charge is -2.27. The van der Waals surface area contributed by atoms with Crippen LogP contribution in [0.4, 0.5) is 5.82 Å². The lowest BCUT2D eigenvalue weighted by molar-refractivity contribution is -0.886. The minimum atomic E-state index is -0.235. The molecule has 1 aromatic rings. The van der Waals surface area contributed by atoms with Gasteiger partial charge in [-0.1, -0.05) is 32.9 Å². The summed E-state index contributed by atoms with van der Waals surface area (Å²) in [7, 11) is 0. The maximum Gasteiger partial charge on any atom is 0.245 e. The summed E-state index contributed by atoms with van der Waals surface area (Å²) in [5.41, 5.74) is 0.187. The average Bonchev–Trinajstić information content (AvgIpc) is 3.21. The summed E-state index contributed by atoms with van der Waals surface area (Å²) in [5.74, 6) is 1.14. The second kappa shape index (κ2) is 10.0. The summed E-state index contributed by atoms with van der Waals surface area (Å²) in [4.78, 5) is 28.6. The first-order chi connectivity index (χ1) is 13.1. The van der Waals surface area contributed by atoms with Gasteiger partial charge in [0.25, 0.3) is 0 Å². The fourth-order valence-electron chi connectivity index (χ4n) is 4.04. The predicted octanol–water partition coefficient (Wildman–Crippen LogP) is 1.89. The largest absolute Gasteiger partial charge is 0.360 e. The van der Waals surface area contributed by atoms with Gasteiger partial charge in [-0.05, 0) is 24.7 Å². The number of likely N-dealkylation sites (tertiary alicyclic amines) is 1. The molecule has 28 heavy (non-hydrogen) atoms. The van der Waals surface area contributed by atoms with E-state index in [2.05, 4.69) is 38.2 Å². The molecule has 0 bridgehead atoms. The third-order valence-electron chi connectivity index (χ3n) is 5.11. The summed E-state index contributed by atoms with van der Waals surface area (Å²) in [6.07, 6.45) is 3.95. The van der Waals surface area contributed by atoms with Crippen molar-refractivity contribution in [2.75, 3.05) is 38.0 Å². The topological polar surface area (TPSA) is 79.9 Å². The number of quaternary nitrogens is 1. The van der Waals surface area contributed by atoms with Gasteiger partial charge in [0.1, 0.15) is 12.3 Å². The number of nitrogens with zero attached hydrogens (tertiary/aromatic N) is 2. The van der Waals surface area contributed by atoms with Crippen LogP contribution >= 0.6 is 0 Å². The highest BCUT2D eigenvalue weighted by molar-refractivity contribution is 5.93. The molecular weight excluding hydrogens is 356 g/mol. The minimum absolute atomic E-state index is 0.0558. The van der Waals surface area contributed by atoms with E-state index in [1.165, 1.54) is 17.7 Å². The van der Waals surface area contributed by atoms with Gasteiger partial charge in [0, 0.05) is 25.3 Å². The molecule has 2 amide bonds. The SMILES string of the molecule is Cc1cc(NC(=O)CN(CC[NH+]2CCCC2)C(=O)C[C@H](C)CC(C)(C)C)no1. The summed E-state index contributed by atoms with van der Waals surface area (Å²) in [5, 5.41) is 6.51. The van der Waals surface area contributed by atoms with Crippen LogP contribution in [0, 0.1) is 18.3 Å². The quantitative estimate of drug-likeness (QED) is 0.671. The molecule has 0 spiro atoms. The molecule has 1 aliphatic heterocycles. The van der Waals surface area contributed by atoms with Crippen LogP contribution in [0.5, 0.6) is 0 Å². The number of anilines is 1. The van der Waals surface area contributed by atoms with Gasteiger partial charge in [-0.2, -0.15) is 0 Å². The van der Waals surface area contributed by atoms with E-state index in [0.717, 1.165) is 26.1 Å². The number of aromatic nitrogens is 1. The van der Waals surface area contributed by atoms with Gasteiger partial charge in [-0.15, -0.1) is 0 Å². The molecule has 0 saturated carbocycles. The molecule has 2 rings (SSSR count). The number of carbonyl (C=O) groups excluding carboxylic acids is 2. The van der Waals surface area contributed by atoms with E-state index in [1.54, 1.807) is 17.9 Å². The summed E-state index contributed by atoms with van der Waals surface area (Å²) in [6, 6.07) is 1.67. The van der Waals surface area contributed by atoms with Crippen LogP contribution in [0.2, 0.25) is 0 Å². The Labute approximate surface area is 168 Å². The molecule has 0 aromatic carbocycles. The van der Waals surface area contributed by atoms with Gasteiger partial charge in [0.05, 0.1) is 26.2 Å². The van der Waals surface area contributed by atoms with Gasteiger partial charge < -0.3 is 19.6 Å². The van der Waals surface area contributed by atoms with Crippen molar-refractivity contribution in [3.8, 4) is 0 Å². The molecular formula is C21H37N4O3+. The highest BCUT2D eigenvalue weighted by atomic mass is 16.5. The number of nitrogens with one attached hydrogen (secondary N) is 2. The van der Waals surface area contributed by atoms with Crippen LogP contribution in [-0.2, 0) is 9.59 Å². The van der Waals surface area contributed by atoms with Gasteiger partial charge in [-0.25, -0.2) is 0 Å². The first-order valence-corrected chi connectivity index (χ1v) is 10.5. The molecule has 0 unspecified atom stereocenters. The molecule has 2 N–H and O–H groups in total. The van der Waals surface area contributed by atoms with Crippen LogP contribution in [0.25, 0.3) is 0 Å². The number of hydrogen-bond donors (Lipinski definition) is 2. The standard InChI is InChI=1S/C21H36N4O3/c1-16(14-21(3,4)5)12-20(27)25(11-10-24-8-6-7-9-24)15-19(26)22-18-13-17(2)28-23-18/h13,16H,6-12,14-15H2,1-5H3,(H,22,23,26)/p+1/t16-/m0/s1. The van der Waals surface area contributed by atoms with E-state index >= 15 is 0 Å². The fourth-order valence-corrected chi connectivity index (χ4v) is 4.04. The van der Waals surface area contributed by atoms with Gasteiger partial charge in [0.15, 0.2) is 5.82 Å². The fraction of sp³-hybridized carbons (Fsp3) is 0.762. The van der Waals surface area contributed by atoms with E-state index in [0.29, 0.717) is 24.5 Å². The van der Waals surface area contributed by atoms with E-state index < -0.39 is 0 Å². The van der Waals surface area contributed by atoms with Crippen LogP contribution in [-0.4, -0.2) is 54.6 Å². The Kier molecular flexibility index (Phi) is 8.04. The molecule has 1 aliphatic rings. The molecule has 0 aliphatic carbocycles. The summed E-state index contributed by atoms with van der Waals surface area (Å²) < 4.78 is 4.98. The molecule has 1 fully saturated rings. The predicted molar refractivity (Wildman–Crippen MR) is 109 cm³/mol. The average molecular weight is 394 g/mol. The Bertz CT molecular complexity index is 644. The molecule has 1 aromatic heterocycles. The number of aryl methyl sites for hydroxylation is 1. The van der Waals surface area contributed by atoms with Crippen LogP contribution < -0.4 is 10.2 Å². The van der Waals surface area contributed by atoms with Gasteiger partial charge in [-0.3, -0.25) is 9.59 Å². The Morgan fingerprint density at radius 1 is 1.32 bits per heavy atom. The monoisotopic (exact) mass is 393 g/mol. The second-order valence-corrected chi connectivity index (χ2v) is 9.47. The smallest absolute Gasteiger partial charge is 0.245 e. The first-order valence-electron chi connectivity index (χ1n) is 10.5. The Balaban J connectivity index is 1.94. The molecule has 0 radical (unpaired) electrons. The van der Waals surface area contributed by atoms with E-state index in [9.17, 15) is 9.59 Å². The van der Waals surface area contributed by atoms with E-state index in [4.69, 9.17) is 4.52 Å². The number of carbonyl (C=O) groups is 2. The first kappa shape index (κ1) is 22.4. The maximum absolute atomic E-state index is 12.9. The van der Waals surface area contributed by atoms with Crippen molar-refractivity contribution in [3.05, 3.63) is 11.8 Å². The third-order valence-corrected chi connectivity index (χ3v) is 5.11. The normalized spacial score (nSPS) is 16.2. The highest BCUT2D eigenvalue weighted by Gasteiger charge is 2.24. The van der Waals surface area contributed by atoms with Crippen LogP contribution in [0.15, 0.2) is 10.6 Å². The van der Waals surface area contributed by atoms with Gasteiger partial charge >= 0.3 is 0 Å². The number of hydrogen-bond acceptors (Lipinski definition) is 4. The molecule has 158 valence electrons. The molecule has 7 nitrogen and oxygen atoms in total. The third kappa shape index (κ3) is 8.00. The zero-order valence-corrected chi connectivity index (χ0v) is 18.1. The van der Waals surface area contributed by atoms with Crippen molar-refractivity contribution in [2.24, 2.45) is 11.3 Å². The Hall–Kier alpha value is -1.89. The van der Waals surface area contributed by atoms with Crippen molar-refractivity contribution < 1.29 is 19.0 Å². The highest BCUT2D eigenvalue weighted by Crippen LogP contribution is 2.26. The van der Waals surface area contributed by atoms with Crippen molar-refractivity contribution >= 4 is 17.6 Å². The van der Waals surface area contributed by atoms with Crippen molar-refractivity contribution in [1.82, 2.24) is 10.1 Å². The molecule has 1 saturated heterocycles. The van der Waals surface area contributed by atoms with E-state index in [1.807, 2.05) is 0 Å². The number of amides is 2. The zero-order chi connectivity index (χ0) is 20.7. The lowest BCUT2D eigenvalue weighted by Crippen LogP contribution is -3.10. The molecule has 2 heterocycles. The minimum Gasteiger partial charge on any atom is -0.360 e. The lowest BCUT2D eigenvalue weighted by atomic mass is 9.84. The van der Waals surface area contributed by atoms with E-state index in [-0.39, 0.29) is 29.7 Å².